The van der Waals surface area contributed by atoms with Gasteiger partial charge < -0.3 is 18.9 Å². The largest absolute Gasteiger partial charge is 0.466 e. The predicted molar refractivity (Wildman–Crippen MR) is 94.0 cm³/mol. The van der Waals surface area contributed by atoms with Crippen LogP contribution in [0.1, 0.15) is 71.6 Å². The van der Waals surface area contributed by atoms with Gasteiger partial charge in [-0.2, -0.15) is 0 Å². The highest BCUT2D eigenvalue weighted by molar-refractivity contribution is 5.77. The molecular weight excluding hydrogens is 324 g/mol. The fourth-order valence-corrected chi connectivity index (χ4v) is 2.66. The topological polar surface area (TPSA) is 71.1 Å². The van der Waals surface area contributed by atoms with Gasteiger partial charge in [-0.25, -0.2) is 0 Å². The molecule has 1 rings (SSSR count). The zero-order valence-electron chi connectivity index (χ0n) is 15.8. The summed E-state index contributed by atoms with van der Waals surface area (Å²) in [7, 11) is 0. The van der Waals surface area contributed by atoms with Crippen molar-refractivity contribution < 1.29 is 28.5 Å². The van der Waals surface area contributed by atoms with Gasteiger partial charge in [0.2, 0.25) is 0 Å². The molecule has 1 aliphatic heterocycles. The number of rotatable bonds is 13. The standard InChI is InChI=1S/C19H34O6/c1-3-5-6-7-8-9-12-24-17(20)10-11-18(21)25-15-19(4-2)13-22-16-23-14-19/h3-16H2,1-2H3. The summed E-state index contributed by atoms with van der Waals surface area (Å²) in [6.07, 6.45) is 7.82. The third-order valence-electron chi connectivity index (χ3n) is 4.57. The van der Waals surface area contributed by atoms with Gasteiger partial charge in [0.25, 0.3) is 0 Å². The third kappa shape index (κ3) is 9.80. The molecule has 0 atom stereocenters. The summed E-state index contributed by atoms with van der Waals surface area (Å²) in [6.45, 7) is 6.24. The van der Waals surface area contributed by atoms with Crippen molar-refractivity contribution in [2.24, 2.45) is 5.41 Å². The van der Waals surface area contributed by atoms with Crippen LogP contribution in [0.15, 0.2) is 0 Å². The van der Waals surface area contributed by atoms with Crippen molar-refractivity contribution in [2.75, 3.05) is 33.2 Å². The van der Waals surface area contributed by atoms with E-state index < -0.39 is 0 Å². The molecule has 0 bridgehead atoms. The molecule has 0 radical (unpaired) electrons. The third-order valence-corrected chi connectivity index (χ3v) is 4.57. The van der Waals surface area contributed by atoms with Crippen LogP contribution in [0.5, 0.6) is 0 Å². The van der Waals surface area contributed by atoms with Crippen LogP contribution in [-0.2, 0) is 28.5 Å². The number of carbonyl (C=O) groups excluding carboxylic acids is 2. The lowest BCUT2D eigenvalue weighted by molar-refractivity contribution is -0.187. The van der Waals surface area contributed by atoms with Gasteiger partial charge in [-0.15, -0.1) is 0 Å². The minimum Gasteiger partial charge on any atom is -0.466 e. The maximum atomic E-state index is 11.8. The van der Waals surface area contributed by atoms with Crippen molar-refractivity contribution in [1.82, 2.24) is 0 Å². The lowest BCUT2D eigenvalue weighted by Crippen LogP contribution is -2.41. The molecule has 0 aromatic heterocycles. The van der Waals surface area contributed by atoms with Crippen LogP contribution in [0, 0.1) is 5.41 Å². The number of hydrogen-bond acceptors (Lipinski definition) is 6. The van der Waals surface area contributed by atoms with Gasteiger partial charge in [-0.05, 0) is 12.8 Å². The second-order valence-electron chi connectivity index (χ2n) is 6.82. The molecule has 0 unspecified atom stereocenters. The zero-order valence-corrected chi connectivity index (χ0v) is 15.8. The van der Waals surface area contributed by atoms with Gasteiger partial charge in [-0.3, -0.25) is 9.59 Å². The van der Waals surface area contributed by atoms with Crippen molar-refractivity contribution >= 4 is 11.9 Å². The summed E-state index contributed by atoms with van der Waals surface area (Å²) >= 11 is 0. The van der Waals surface area contributed by atoms with Crippen LogP contribution in [0.3, 0.4) is 0 Å². The summed E-state index contributed by atoms with van der Waals surface area (Å²) in [6, 6.07) is 0. The van der Waals surface area contributed by atoms with E-state index in [0.29, 0.717) is 26.6 Å². The molecule has 1 saturated heterocycles. The van der Waals surface area contributed by atoms with E-state index in [4.69, 9.17) is 18.9 Å². The first-order chi connectivity index (χ1) is 12.1. The van der Waals surface area contributed by atoms with E-state index in [1.54, 1.807) is 0 Å². The molecule has 1 heterocycles. The average molecular weight is 358 g/mol. The Kier molecular flexibility index (Phi) is 11.5. The molecule has 0 N–H and O–H groups in total. The lowest BCUT2D eigenvalue weighted by Gasteiger charge is -2.35. The van der Waals surface area contributed by atoms with Crippen LogP contribution < -0.4 is 0 Å². The monoisotopic (exact) mass is 358 g/mol. The maximum absolute atomic E-state index is 11.8. The molecular formula is C19H34O6. The Balaban J connectivity index is 2.05. The molecule has 6 heteroatoms. The van der Waals surface area contributed by atoms with Crippen LogP contribution in [0.4, 0.5) is 0 Å². The molecule has 6 nitrogen and oxygen atoms in total. The van der Waals surface area contributed by atoms with Gasteiger partial charge >= 0.3 is 11.9 Å². The second-order valence-corrected chi connectivity index (χ2v) is 6.82. The van der Waals surface area contributed by atoms with Gasteiger partial charge in [0.1, 0.15) is 13.4 Å². The minimum absolute atomic E-state index is 0.0524. The molecule has 25 heavy (non-hydrogen) atoms. The van der Waals surface area contributed by atoms with Crippen molar-refractivity contribution in [3.63, 3.8) is 0 Å². The Bertz CT molecular complexity index is 376. The van der Waals surface area contributed by atoms with E-state index in [9.17, 15) is 9.59 Å². The van der Waals surface area contributed by atoms with Crippen molar-refractivity contribution in [2.45, 2.75) is 71.6 Å². The van der Waals surface area contributed by atoms with Gasteiger partial charge in [-0.1, -0.05) is 46.0 Å². The quantitative estimate of drug-likeness (QED) is 0.370. The molecule has 0 aliphatic carbocycles. The van der Waals surface area contributed by atoms with E-state index in [0.717, 1.165) is 19.3 Å². The number of ether oxygens (including phenoxy) is 4. The van der Waals surface area contributed by atoms with E-state index in [1.807, 2.05) is 6.92 Å². The van der Waals surface area contributed by atoms with Crippen molar-refractivity contribution in [1.29, 1.82) is 0 Å². The molecule has 0 spiro atoms. The first-order valence-corrected chi connectivity index (χ1v) is 9.58. The number of carbonyl (C=O) groups is 2. The predicted octanol–water partition coefficient (Wildman–Crippen LogP) is 3.61. The zero-order chi connectivity index (χ0) is 18.4. The summed E-state index contributed by atoms with van der Waals surface area (Å²) < 4.78 is 21.1. The Hall–Kier alpha value is -1.14. The van der Waals surface area contributed by atoms with E-state index in [2.05, 4.69) is 6.92 Å². The summed E-state index contributed by atoms with van der Waals surface area (Å²) in [5, 5.41) is 0. The molecule has 1 fully saturated rings. The SMILES string of the molecule is CCCCCCCCOC(=O)CCC(=O)OCC1(CC)COCOC1. The van der Waals surface area contributed by atoms with E-state index in [1.165, 1.54) is 25.7 Å². The van der Waals surface area contributed by atoms with Gasteiger partial charge in [0.05, 0.1) is 38.1 Å². The lowest BCUT2D eigenvalue weighted by atomic mass is 9.87. The Labute approximate surface area is 151 Å². The fourth-order valence-electron chi connectivity index (χ4n) is 2.66. The molecule has 0 aromatic carbocycles. The minimum atomic E-state index is -0.380. The highest BCUT2D eigenvalue weighted by atomic mass is 16.7. The summed E-state index contributed by atoms with van der Waals surface area (Å²) in [5.74, 6) is -0.713. The van der Waals surface area contributed by atoms with Crippen LogP contribution in [0.25, 0.3) is 0 Å². The van der Waals surface area contributed by atoms with E-state index >= 15 is 0 Å². The summed E-state index contributed by atoms with van der Waals surface area (Å²) in [5.41, 5.74) is -0.272. The van der Waals surface area contributed by atoms with E-state index in [-0.39, 0.29) is 36.8 Å². The fraction of sp³-hybridized carbons (Fsp3) is 0.895. The molecule has 1 aliphatic rings. The maximum Gasteiger partial charge on any atom is 0.306 e. The normalized spacial score (nSPS) is 16.4. The molecule has 0 amide bonds. The Morgan fingerprint density at radius 3 is 2.12 bits per heavy atom. The number of esters is 2. The van der Waals surface area contributed by atoms with Crippen LogP contribution in [0.2, 0.25) is 0 Å². The number of unbranched alkanes of at least 4 members (excludes halogenated alkanes) is 5. The Morgan fingerprint density at radius 1 is 0.880 bits per heavy atom. The van der Waals surface area contributed by atoms with Crippen LogP contribution in [-0.4, -0.2) is 45.2 Å². The molecule has 0 aromatic rings. The second kappa shape index (κ2) is 13.1. The number of hydrogen-bond donors (Lipinski definition) is 0. The smallest absolute Gasteiger partial charge is 0.306 e. The molecule has 0 saturated carbocycles. The molecule has 146 valence electrons. The summed E-state index contributed by atoms with van der Waals surface area (Å²) in [4.78, 5) is 23.5. The highest BCUT2D eigenvalue weighted by Crippen LogP contribution is 2.26. The van der Waals surface area contributed by atoms with Gasteiger partial charge in [0, 0.05) is 0 Å². The van der Waals surface area contributed by atoms with Crippen LogP contribution >= 0.6 is 0 Å². The first-order valence-electron chi connectivity index (χ1n) is 9.58. The first kappa shape index (κ1) is 21.9. The van der Waals surface area contributed by atoms with Gasteiger partial charge in [0.15, 0.2) is 0 Å². The Morgan fingerprint density at radius 2 is 1.48 bits per heavy atom. The van der Waals surface area contributed by atoms with Crippen molar-refractivity contribution in [3.05, 3.63) is 0 Å². The van der Waals surface area contributed by atoms with Crippen molar-refractivity contribution in [3.8, 4) is 0 Å². The highest BCUT2D eigenvalue weighted by Gasteiger charge is 2.33. The average Bonchev–Trinajstić information content (AvgIpc) is 2.64.